The number of aliphatic hydroxyl groups excluding tert-OH is 1. The second-order valence-electron chi connectivity index (χ2n) is 7.89. The number of carbonyl (C=O) groups is 1. The number of hydrogen-bond acceptors (Lipinski definition) is 6. The fourth-order valence-electron chi connectivity index (χ4n) is 3.67. The lowest BCUT2D eigenvalue weighted by Crippen LogP contribution is -2.32. The number of aromatic nitrogens is 2. The highest BCUT2D eigenvalue weighted by Gasteiger charge is 2.24. The van der Waals surface area contributed by atoms with Gasteiger partial charge in [0.25, 0.3) is 5.91 Å². The number of ether oxygens (including phenoxy) is 1. The normalized spacial score (nSPS) is 19.3. The third-order valence-electron chi connectivity index (χ3n) is 5.67. The summed E-state index contributed by atoms with van der Waals surface area (Å²) in [4.78, 5) is 23.1. The molecule has 1 saturated heterocycles. The minimum Gasteiger partial charge on any atom is -0.476 e. The van der Waals surface area contributed by atoms with Crippen LogP contribution in [0.2, 0.25) is 0 Å². The van der Waals surface area contributed by atoms with E-state index in [0.29, 0.717) is 24.9 Å². The molecule has 1 aromatic carbocycles. The van der Waals surface area contributed by atoms with Crippen molar-refractivity contribution >= 4 is 5.91 Å². The molecule has 1 atom stereocenters. The van der Waals surface area contributed by atoms with E-state index in [9.17, 15) is 9.90 Å². The van der Waals surface area contributed by atoms with Crippen molar-refractivity contribution in [3.8, 4) is 5.88 Å². The molecule has 7 heteroatoms. The number of hydrogen-bond donors (Lipinski definition) is 2. The van der Waals surface area contributed by atoms with Crippen LogP contribution < -0.4 is 10.1 Å². The average Bonchev–Trinajstić information content (AvgIpc) is 3.49. The van der Waals surface area contributed by atoms with Gasteiger partial charge in [-0.15, -0.1) is 0 Å². The molecule has 0 spiro atoms. The number of nitrogens with zero attached hydrogens (tertiary/aromatic N) is 3. The van der Waals surface area contributed by atoms with Crippen LogP contribution in [-0.2, 0) is 13.1 Å². The molecular weight excluding hydrogens is 368 g/mol. The number of carbonyl (C=O) groups excluding carboxylic acids is 1. The Kier molecular flexibility index (Phi) is 6.36. The van der Waals surface area contributed by atoms with Crippen LogP contribution in [0.5, 0.6) is 5.88 Å². The summed E-state index contributed by atoms with van der Waals surface area (Å²) in [6.07, 6.45) is 7.55. The van der Waals surface area contributed by atoms with Gasteiger partial charge in [-0.3, -0.25) is 9.69 Å². The maximum atomic E-state index is 12.5. The first-order chi connectivity index (χ1) is 14.2. The van der Waals surface area contributed by atoms with Gasteiger partial charge in [0.15, 0.2) is 0 Å². The molecule has 29 heavy (non-hydrogen) atoms. The van der Waals surface area contributed by atoms with Crippen LogP contribution >= 0.6 is 0 Å². The predicted octanol–water partition coefficient (Wildman–Crippen LogP) is 2.15. The van der Waals surface area contributed by atoms with E-state index < -0.39 is 0 Å². The average molecular weight is 396 g/mol. The monoisotopic (exact) mass is 396 g/mol. The lowest BCUT2D eigenvalue weighted by Gasteiger charge is -2.24. The van der Waals surface area contributed by atoms with Crippen molar-refractivity contribution in [2.75, 3.05) is 19.8 Å². The van der Waals surface area contributed by atoms with Crippen LogP contribution in [0.1, 0.15) is 47.3 Å². The van der Waals surface area contributed by atoms with E-state index in [2.05, 4.69) is 26.3 Å². The highest BCUT2D eigenvalue weighted by molar-refractivity contribution is 5.91. The summed E-state index contributed by atoms with van der Waals surface area (Å²) >= 11 is 0. The van der Waals surface area contributed by atoms with Gasteiger partial charge in [0.2, 0.25) is 5.88 Å². The van der Waals surface area contributed by atoms with Gasteiger partial charge in [0.05, 0.1) is 25.6 Å². The van der Waals surface area contributed by atoms with E-state index in [1.807, 2.05) is 18.2 Å². The highest BCUT2D eigenvalue weighted by Crippen LogP contribution is 2.29. The second kappa shape index (κ2) is 9.33. The molecular formula is C22H28N4O3. The SMILES string of the molecule is O=C(NCc1ccccc1CN1CCCC1CO)c1cnc(OCC2CC2)cn1. The summed E-state index contributed by atoms with van der Waals surface area (Å²) in [7, 11) is 0. The minimum absolute atomic E-state index is 0.192. The topological polar surface area (TPSA) is 87.6 Å². The summed E-state index contributed by atoms with van der Waals surface area (Å²) in [5.74, 6) is 0.853. The maximum Gasteiger partial charge on any atom is 0.271 e. The van der Waals surface area contributed by atoms with E-state index in [1.54, 1.807) is 0 Å². The molecule has 1 aliphatic carbocycles. The Morgan fingerprint density at radius 3 is 2.72 bits per heavy atom. The molecule has 1 aliphatic heterocycles. The van der Waals surface area contributed by atoms with Crippen LogP contribution in [0.15, 0.2) is 36.7 Å². The van der Waals surface area contributed by atoms with Gasteiger partial charge in [-0.05, 0) is 49.3 Å². The molecule has 2 aliphatic rings. The molecule has 7 nitrogen and oxygen atoms in total. The molecule has 1 amide bonds. The Morgan fingerprint density at radius 2 is 2.00 bits per heavy atom. The van der Waals surface area contributed by atoms with Crippen molar-refractivity contribution < 1.29 is 14.6 Å². The maximum absolute atomic E-state index is 12.5. The van der Waals surface area contributed by atoms with Gasteiger partial charge >= 0.3 is 0 Å². The standard InChI is InChI=1S/C22H28N4O3/c27-14-19-6-3-9-26(19)13-18-5-2-1-4-17(18)10-25-22(28)20-11-24-21(12-23-20)29-15-16-7-8-16/h1-2,4-5,11-12,16,19,27H,3,6-10,13-15H2,(H,25,28). The summed E-state index contributed by atoms with van der Waals surface area (Å²) in [5.41, 5.74) is 2.52. The van der Waals surface area contributed by atoms with Gasteiger partial charge in [-0.2, -0.15) is 0 Å². The fraction of sp³-hybridized carbons (Fsp3) is 0.500. The molecule has 0 bridgehead atoms. The summed E-state index contributed by atoms with van der Waals surface area (Å²) in [6.45, 7) is 3.07. The number of aliphatic hydroxyl groups is 1. The number of rotatable bonds is 9. The smallest absolute Gasteiger partial charge is 0.271 e. The molecule has 2 aromatic rings. The summed E-state index contributed by atoms with van der Waals surface area (Å²) in [6, 6.07) is 8.33. The van der Waals surface area contributed by atoms with E-state index in [4.69, 9.17) is 4.74 Å². The Balaban J connectivity index is 1.33. The Labute approximate surface area is 171 Å². The van der Waals surface area contributed by atoms with Crippen LogP contribution in [0, 0.1) is 5.92 Å². The lowest BCUT2D eigenvalue weighted by molar-refractivity contribution is 0.0945. The largest absolute Gasteiger partial charge is 0.476 e. The molecule has 0 radical (unpaired) electrons. The van der Waals surface area contributed by atoms with Gasteiger partial charge in [-0.1, -0.05) is 24.3 Å². The first kappa shape index (κ1) is 19.8. The van der Waals surface area contributed by atoms with Crippen LogP contribution in [0.25, 0.3) is 0 Å². The summed E-state index contributed by atoms with van der Waals surface area (Å²) < 4.78 is 5.56. The molecule has 2 N–H and O–H groups in total. The zero-order valence-electron chi connectivity index (χ0n) is 16.6. The van der Waals surface area contributed by atoms with Crippen LogP contribution in [0.4, 0.5) is 0 Å². The molecule has 2 fully saturated rings. The van der Waals surface area contributed by atoms with Gasteiger partial charge in [-0.25, -0.2) is 9.97 Å². The predicted molar refractivity (Wildman–Crippen MR) is 108 cm³/mol. The Morgan fingerprint density at radius 1 is 1.17 bits per heavy atom. The Bertz CT molecular complexity index is 823. The molecule has 154 valence electrons. The van der Waals surface area contributed by atoms with Crippen molar-refractivity contribution in [2.45, 2.75) is 44.8 Å². The van der Waals surface area contributed by atoms with Gasteiger partial charge in [0, 0.05) is 19.1 Å². The first-order valence-corrected chi connectivity index (χ1v) is 10.4. The van der Waals surface area contributed by atoms with E-state index in [-0.39, 0.29) is 24.2 Å². The van der Waals surface area contributed by atoms with E-state index in [0.717, 1.165) is 31.5 Å². The number of nitrogens with one attached hydrogen (secondary N) is 1. The van der Waals surface area contributed by atoms with Crippen LogP contribution in [-0.4, -0.2) is 51.7 Å². The lowest BCUT2D eigenvalue weighted by atomic mass is 10.1. The van der Waals surface area contributed by atoms with Gasteiger partial charge < -0.3 is 15.2 Å². The van der Waals surface area contributed by atoms with Crippen molar-refractivity contribution in [3.63, 3.8) is 0 Å². The van der Waals surface area contributed by atoms with Crippen molar-refractivity contribution in [1.82, 2.24) is 20.2 Å². The molecule has 2 heterocycles. The zero-order valence-corrected chi connectivity index (χ0v) is 16.6. The fourth-order valence-corrected chi connectivity index (χ4v) is 3.67. The van der Waals surface area contributed by atoms with E-state index >= 15 is 0 Å². The second-order valence-corrected chi connectivity index (χ2v) is 7.89. The third-order valence-corrected chi connectivity index (χ3v) is 5.67. The van der Waals surface area contributed by atoms with Crippen molar-refractivity contribution in [1.29, 1.82) is 0 Å². The highest BCUT2D eigenvalue weighted by atomic mass is 16.5. The molecule has 1 unspecified atom stereocenters. The minimum atomic E-state index is -0.254. The number of amides is 1. The zero-order chi connectivity index (χ0) is 20.1. The van der Waals surface area contributed by atoms with Crippen LogP contribution in [0.3, 0.4) is 0 Å². The quantitative estimate of drug-likeness (QED) is 0.675. The Hall–Kier alpha value is -2.51. The van der Waals surface area contributed by atoms with Gasteiger partial charge in [0.1, 0.15) is 5.69 Å². The van der Waals surface area contributed by atoms with E-state index in [1.165, 1.54) is 30.8 Å². The third kappa shape index (κ3) is 5.31. The van der Waals surface area contributed by atoms with Crippen molar-refractivity contribution in [2.24, 2.45) is 5.92 Å². The van der Waals surface area contributed by atoms with Crippen molar-refractivity contribution in [3.05, 3.63) is 53.5 Å². The number of likely N-dealkylation sites (tertiary alicyclic amines) is 1. The summed E-state index contributed by atoms with van der Waals surface area (Å²) in [5, 5.41) is 12.5. The molecule has 4 rings (SSSR count). The molecule has 1 aromatic heterocycles. The first-order valence-electron chi connectivity index (χ1n) is 10.4. The molecule has 1 saturated carbocycles. The number of benzene rings is 1.